The summed E-state index contributed by atoms with van der Waals surface area (Å²) in [6.45, 7) is 6.48. The zero-order chi connectivity index (χ0) is 12.3. The molecule has 0 aromatic carbocycles. The lowest BCUT2D eigenvalue weighted by molar-refractivity contribution is 0.458. The van der Waals surface area contributed by atoms with Crippen LogP contribution in [0.25, 0.3) is 0 Å². The predicted molar refractivity (Wildman–Crippen MR) is 67.2 cm³/mol. The highest BCUT2D eigenvalue weighted by molar-refractivity contribution is 5.27. The quantitative estimate of drug-likeness (QED) is 0.788. The summed E-state index contributed by atoms with van der Waals surface area (Å²) in [5, 5.41) is 0. The van der Waals surface area contributed by atoms with Crippen molar-refractivity contribution in [3.05, 3.63) is 48.4 Å². The molecule has 2 aromatic heterocycles. The Kier molecular flexibility index (Phi) is 3.09. The van der Waals surface area contributed by atoms with E-state index in [0.717, 1.165) is 0 Å². The number of ether oxygens (including phenoxy) is 1. The first-order chi connectivity index (χ1) is 8.05. The van der Waals surface area contributed by atoms with E-state index < -0.39 is 0 Å². The molecule has 0 atom stereocenters. The van der Waals surface area contributed by atoms with Crippen LogP contribution >= 0.6 is 0 Å². The van der Waals surface area contributed by atoms with Crippen LogP contribution in [0.3, 0.4) is 0 Å². The summed E-state index contributed by atoms with van der Waals surface area (Å²) in [6, 6.07) is 7.61. The van der Waals surface area contributed by atoms with Gasteiger partial charge in [0.25, 0.3) is 0 Å². The molecule has 2 aromatic rings. The Morgan fingerprint density at radius 1 is 1.06 bits per heavy atom. The van der Waals surface area contributed by atoms with Crippen molar-refractivity contribution in [2.45, 2.75) is 26.2 Å². The van der Waals surface area contributed by atoms with Gasteiger partial charge in [-0.2, -0.15) is 0 Å². The van der Waals surface area contributed by atoms with Crippen LogP contribution in [0.4, 0.5) is 0 Å². The Hall–Kier alpha value is -1.90. The van der Waals surface area contributed by atoms with Crippen LogP contribution in [0.5, 0.6) is 11.6 Å². The molecule has 88 valence electrons. The average Bonchev–Trinajstić information content (AvgIpc) is 2.30. The van der Waals surface area contributed by atoms with E-state index in [0.29, 0.717) is 11.6 Å². The van der Waals surface area contributed by atoms with Gasteiger partial charge in [0, 0.05) is 18.5 Å². The molecular formula is C14H16N2O. The highest BCUT2D eigenvalue weighted by Crippen LogP contribution is 2.24. The van der Waals surface area contributed by atoms with Crippen molar-refractivity contribution < 1.29 is 4.74 Å². The maximum Gasteiger partial charge on any atom is 0.219 e. The van der Waals surface area contributed by atoms with Crippen molar-refractivity contribution in [3.63, 3.8) is 0 Å². The minimum atomic E-state index is 0.111. The molecule has 0 aliphatic heterocycles. The Bertz CT molecular complexity index is 472. The van der Waals surface area contributed by atoms with Gasteiger partial charge in [-0.3, -0.25) is 4.98 Å². The molecule has 0 radical (unpaired) electrons. The highest BCUT2D eigenvalue weighted by atomic mass is 16.5. The first-order valence-corrected chi connectivity index (χ1v) is 5.60. The van der Waals surface area contributed by atoms with Gasteiger partial charge in [0.2, 0.25) is 5.88 Å². The molecule has 0 amide bonds. The second kappa shape index (κ2) is 4.53. The summed E-state index contributed by atoms with van der Waals surface area (Å²) in [5.74, 6) is 1.29. The van der Waals surface area contributed by atoms with Crippen molar-refractivity contribution in [1.29, 1.82) is 0 Å². The van der Waals surface area contributed by atoms with Crippen LogP contribution in [0.2, 0.25) is 0 Å². The van der Waals surface area contributed by atoms with Gasteiger partial charge in [-0.1, -0.05) is 26.8 Å². The minimum Gasteiger partial charge on any atom is -0.437 e. The number of hydrogen-bond acceptors (Lipinski definition) is 3. The highest BCUT2D eigenvalue weighted by Gasteiger charge is 2.13. The lowest BCUT2D eigenvalue weighted by Crippen LogP contribution is -2.11. The number of pyridine rings is 2. The maximum atomic E-state index is 5.57. The molecular weight excluding hydrogens is 212 g/mol. The normalized spacial score (nSPS) is 11.2. The summed E-state index contributed by atoms with van der Waals surface area (Å²) < 4.78 is 5.57. The van der Waals surface area contributed by atoms with Crippen molar-refractivity contribution in [2.75, 3.05) is 0 Å². The lowest BCUT2D eigenvalue weighted by atomic mass is 9.88. The fourth-order valence-corrected chi connectivity index (χ4v) is 1.41. The van der Waals surface area contributed by atoms with E-state index in [-0.39, 0.29) is 5.41 Å². The molecule has 3 nitrogen and oxygen atoms in total. The average molecular weight is 228 g/mol. The summed E-state index contributed by atoms with van der Waals surface area (Å²) >= 11 is 0. The molecule has 2 heterocycles. The van der Waals surface area contributed by atoms with Crippen LogP contribution in [0.15, 0.2) is 42.9 Å². The Labute approximate surface area is 102 Å². The third-order valence-corrected chi connectivity index (χ3v) is 2.46. The topological polar surface area (TPSA) is 35.0 Å². The second-order valence-electron chi connectivity index (χ2n) is 4.93. The van der Waals surface area contributed by atoms with E-state index in [4.69, 9.17) is 4.74 Å². The van der Waals surface area contributed by atoms with Crippen LogP contribution in [0, 0.1) is 0 Å². The third kappa shape index (κ3) is 3.03. The largest absolute Gasteiger partial charge is 0.437 e. The number of nitrogens with zero attached hydrogens (tertiary/aromatic N) is 2. The van der Waals surface area contributed by atoms with Crippen molar-refractivity contribution in [1.82, 2.24) is 9.97 Å². The Morgan fingerprint density at radius 3 is 2.41 bits per heavy atom. The van der Waals surface area contributed by atoms with Gasteiger partial charge < -0.3 is 4.74 Å². The van der Waals surface area contributed by atoms with Crippen molar-refractivity contribution in [3.8, 4) is 11.6 Å². The molecule has 0 bridgehead atoms. The smallest absolute Gasteiger partial charge is 0.219 e. The SMILES string of the molecule is CC(C)(C)c1ccc(Oc2cccnc2)nc1. The lowest BCUT2D eigenvalue weighted by Gasteiger charge is -2.18. The third-order valence-electron chi connectivity index (χ3n) is 2.46. The predicted octanol–water partition coefficient (Wildman–Crippen LogP) is 3.57. The van der Waals surface area contributed by atoms with Crippen LogP contribution < -0.4 is 4.74 Å². The maximum absolute atomic E-state index is 5.57. The van der Waals surface area contributed by atoms with E-state index in [1.54, 1.807) is 12.4 Å². The standard InChI is InChI=1S/C14H16N2O/c1-14(2,3)11-6-7-13(16-9-11)17-12-5-4-8-15-10-12/h4-10H,1-3H3. The van der Waals surface area contributed by atoms with Gasteiger partial charge >= 0.3 is 0 Å². The minimum absolute atomic E-state index is 0.111. The second-order valence-corrected chi connectivity index (χ2v) is 4.93. The van der Waals surface area contributed by atoms with Crippen molar-refractivity contribution >= 4 is 0 Å². The van der Waals surface area contributed by atoms with Gasteiger partial charge in [-0.15, -0.1) is 0 Å². The Balaban J connectivity index is 2.14. The summed E-state index contributed by atoms with van der Waals surface area (Å²) in [5.41, 5.74) is 1.30. The Morgan fingerprint density at radius 2 is 1.88 bits per heavy atom. The fraction of sp³-hybridized carbons (Fsp3) is 0.286. The summed E-state index contributed by atoms with van der Waals surface area (Å²) in [7, 11) is 0. The monoisotopic (exact) mass is 228 g/mol. The first kappa shape index (κ1) is 11.6. The zero-order valence-corrected chi connectivity index (χ0v) is 10.3. The van der Waals surface area contributed by atoms with E-state index >= 15 is 0 Å². The molecule has 17 heavy (non-hydrogen) atoms. The number of aromatic nitrogens is 2. The molecule has 0 fully saturated rings. The molecule has 0 aliphatic carbocycles. The van der Waals surface area contributed by atoms with Gasteiger partial charge in [0.05, 0.1) is 6.20 Å². The van der Waals surface area contributed by atoms with Gasteiger partial charge in [-0.05, 0) is 23.1 Å². The van der Waals surface area contributed by atoms with E-state index in [2.05, 4.69) is 30.7 Å². The van der Waals surface area contributed by atoms with E-state index in [9.17, 15) is 0 Å². The zero-order valence-electron chi connectivity index (χ0n) is 10.3. The molecule has 0 N–H and O–H groups in total. The molecule has 0 spiro atoms. The molecule has 0 saturated heterocycles. The number of hydrogen-bond donors (Lipinski definition) is 0. The van der Waals surface area contributed by atoms with E-state index in [1.165, 1.54) is 5.56 Å². The molecule has 3 heteroatoms. The van der Waals surface area contributed by atoms with Gasteiger partial charge in [0.15, 0.2) is 0 Å². The van der Waals surface area contributed by atoms with Crippen molar-refractivity contribution in [2.24, 2.45) is 0 Å². The van der Waals surface area contributed by atoms with Gasteiger partial charge in [-0.25, -0.2) is 4.98 Å². The van der Waals surface area contributed by atoms with Crippen LogP contribution in [-0.2, 0) is 5.41 Å². The summed E-state index contributed by atoms with van der Waals surface area (Å²) in [6.07, 6.45) is 5.23. The first-order valence-electron chi connectivity index (χ1n) is 5.60. The van der Waals surface area contributed by atoms with E-state index in [1.807, 2.05) is 30.5 Å². The van der Waals surface area contributed by atoms with Gasteiger partial charge in [0.1, 0.15) is 5.75 Å². The number of rotatable bonds is 2. The molecule has 0 unspecified atom stereocenters. The van der Waals surface area contributed by atoms with Crippen LogP contribution in [0.1, 0.15) is 26.3 Å². The molecule has 0 saturated carbocycles. The molecule has 0 aliphatic rings. The van der Waals surface area contributed by atoms with Crippen LogP contribution in [-0.4, -0.2) is 9.97 Å². The molecule has 2 rings (SSSR count). The summed E-state index contributed by atoms with van der Waals surface area (Å²) in [4.78, 5) is 8.28. The fourth-order valence-electron chi connectivity index (χ4n) is 1.41.